The van der Waals surface area contributed by atoms with Gasteiger partial charge in [0.25, 0.3) is 0 Å². The van der Waals surface area contributed by atoms with Gasteiger partial charge in [0.2, 0.25) is 10.0 Å². The van der Waals surface area contributed by atoms with Gasteiger partial charge in [-0.3, -0.25) is 4.79 Å². The molecule has 3 heterocycles. The summed E-state index contributed by atoms with van der Waals surface area (Å²) < 4.78 is 26.8. The summed E-state index contributed by atoms with van der Waals surface area (Å²) in [7, 11) is -3.44. The Morgan fingerprint density at radius 1 is 0.966 bits per heavy atom. The zero-order valence-electron chi connectivity index (χ0n) is 16.1. The summed E-state index contributed by atoms with van der Waals surface area (Å²) in [5.41, 5.74) is 0.697. The first-order valence-electron chi connectivity index (χ1n) is 9.96. The van der Waals surface area contributed by atoms with Crippen LogP contribution in [0.1, 0.15) is 36.0 Å². The van der Waals surface area contributed by atoms with Gasteiger partial charge in [-0.2, -0.15) is 4.31 Å². The molecule has 2 fully saturated rings. The summed E-state index contributed by atoms with van der Waals surface area (Å²) in [6.45, 7) is 2.60. The molecule has 1 aromatic carbocycles. The van der Waals surface area contributed by atoms with Crippen molar-refractivity contribution in [3.8, 4) is 0 Å². The molecule has 1 aromatic heterocycles. The third kappa shape index (κ3) is 4.32. The number of carbonyl (C=O) groups excluding carboxylic acids is 1. The summed E-state index contributed by atoms with van der Waals surface area (Å²) in [4.78, 5) is 19.4. The average Bonchev–Trinajstić information content (AvgIpc) is 3.30. The fourth-order valence-corrected chi connectivity index (χ4v) is 5.60. The van der Waals surface area contributed by atoms with E-state index in [-0.39, 0.29) is 16.6 Å². The first kappa shape index (κ1) is 20.3. The van der Waals surface area contributed by atoms with Gasteiger partial charge < -0.3 is 4.90 Å². The molecule has 0 atom stereocenters. The Morgan fingerprint density at radius 3 is 2.21 bits per heavy atom. The highest BCUT2D eigenvalue weighted by Crippen LogP contribution is 2.27. The summed E-state index contributed by atoms with van der Waals surface area (Å²) >= 11 is 5.90. The Hall–Kier alpha value is -1.96. The van der Waals surface area contributed by atoms with E-state index in [1.54, 1.807) is 36.4 Å². The number of nitrogens with zero attached hydrogens (tertiary/aromatic N) is 3. The number of benzene rings is 1. The van der Waals surface area contributed by atoms with Crippen LogP contribution in [0.2, 0.25) is 5.02 Å². The molecular formula is C21H24ClN3O3S. The van der Waals surface area contributed by atoms with Crippen molar-refractivity contribution in [1.82, 2.24) is 9.29 Å². The number of sulfonamides is 1. The number of piperidine rings is 1. The summed E-state index contributed by atoms with van der Waals surface area (Å²) in [5.74, 6) is 0.895. The van der Waals surface area contributed by atoms with Crippen molar-refractivity contribution in [3.05, 3.63) is 53.2 Å². The van der Waals surface area contributed by atoms with Crippen molar-refractivity contribution in [2.24, 2.45) is 5.92 Å². The molecule has 6 nitrogen and oxygen atoms in total. The van der Waals surface area contributed by atoms with Crippen molar-refractivity contribution in [2.45, 2.75) is 30.6 Å². The van der Waals surface area contributed by atoms with Crippen LogP contribution in [0, 0.1) is 5.92 Å². The molecule has 29 heavy (non-hydrogen) atoms. The lowest BCUT2D eigenvalue weighted by Gasteiger charge is -2.32. The van der Waals surface area contributed by atoms with E-state index >= 15 is 0 Å². The minimum atomic E-state index is -3.44. The number of Topliss-reactive ketones (excluding diaryl/α,β-unsaturated/α-hetero) is 1. The van der Waals surface area contributed by atoms with Crippen molar-refractivity contribution in [2.75, 3.05) is 31.1 Å². The fraction of sp³-hybridized carbons (Fsp3) is 0.429. The number of ketones is 1. The molecule has 0 N–H and O–H groups in total. The highest BCUT2D eigenvalue weighted by Gasteiger charge is 2.29. The molecule has 0 spiro atoms. The van der Waals surface area contributed by atoms with Crippen LogP contribution in [0.25, 0.3) is 0 Å². The Balaban J connectivity index is 1.38. The van der Waals surface area contributed by atoms with Crippen molar-refractivity contribution in [1.29, 1.82) is 0 Å². The molecule has 2 aliphatic heterocycles. The Bertz CT molecular complexity index is 963. The van der Waals surface area contributed by atoms with Gasteiger partial charge in [0.05, 0.1) is 0 Å². The second kappa shape index (κ2) is 8.42. The number of hydrogen-bond acceptors (Lipinski definition) is 5. The number of anilines is 1. The normalized spacial score (nSPS) is 18.9. The van der Waals surface area contributed by atoms with E-state index in [1.807, 2.05) is 0 Å². The highest BCUT2D eigenvalue weighted by atomic mass is 35.5. The quantitative estimate of drug-likeness (QED) is 0.673. The summed E-state index contributed by atoms with van der Waals surface area (Å²) in [6.07, 6.45) is 4.77. The molecule has 2 aromatic rings. The minimum Gasteiger partial charge on any atom is -0.357 e. The standard InChI is InChI=1S/C21H24ClN3O3S/c22-18-5-3-16(4-6-18)21(26)17-9-13-24(14-10-17)20-8-7-19(15-23-20)29(27,28)25-11-1-2-12-25/h3-8,15,17H,1-2,9-14H2. The van der Waals surface area contributed by atoms with Gasteiger partial charge in [0.1, 0.15) is 10.7 Å². The maximum absolute atomic E-state index is 12.7. The molecule has 0 amide bonds. The predicted octanol–water partition coefficient (Wildman–Crippen LogP) is 3.62. The smallest absolute Gasteiger partial charge is 0.244 e. The second-order valence-corrected chi connectivity index (χ2v) is 9.97. The van der Waals surface area contributed by atoms with E-state index in [4.69, 9.17) is 11.6 Å². The lowest BCUT2D eigenvalue weighted by molar-refractivity contribution is 0.0900. The summed E-state index contributed by atoms with van der Waals surface area (Å²) in [6, 6.07) is 10.4. The van der Waals surface area contributed by atoms with Gasteiger partial charge in [0, 0.05) is 48.9 Å². The molecule has 0 radical (unpaired) electrons. The Labute approximate surface area is 176 Å². The van der Waals surface area contributed by atoms with Crippen LogP contribution in [0.15, 0.2) is 47.5 Å². The molecule has 8 heteroatoms. The van der Waals surface area contributed by atoms with Crippen molar-refractivity contribution in [3.63, 3.8) is 0 Å². The van der Waals surface area contributed by atoms with E-state index < -0.39 is 10.0 Å². The maximum atomic E-state index is 12.7. The molecule has 2 aliphatic rings. The van der Waals surface area contributed by atoms with E-state index in [0.29, 0.717) is 23.7 Å². The van der Waals surface area contributed by atoms with Crippen LogP contribution >= 0.6 is 11.6 Å². The van der Waals surface area contributed by atoms with E-state index in [1.165, 1.54) is 10.5 Å². The first-order valence-corrected chi connectivity index (χ1v) is 11.8. The van der Waals surface area contributed by atoms with Crippen molar-refractivity contribution < 1.29 is 13.2 Å². The van der Waals surface area contributed by atoms with Crippen LogP contribution < -0.4 is 4.90 Å². The molecule has 0 aliphatic carbocycles. The third-order valence-electron chi connectivity index (χ3n) is 5.74. The zero-order chi connectivity index (χ0) is 20.4. The number of hydrogen-bond donors (Lipinski definition) is 0. The van der Waals surface area contributed by atoms with Gasteiger partial charge in [-0.05, 0) is 62.1 Å². The Kier molecular flexibility index (Phi) is 5.90. The summed E-state index contributed by atoms with van der Waals surface area (Å²) in [5, 5.41) is 0.623. The van der Waals surface area contributed by atoms with Gasteiger partial charge >= 0.3 is 0 Å². The second-order valence-electron chi connectivity index (χ2n) is 7.60. The van der Waals surface area contributed by atoms with Crippen molar-refractivity contribution >= 4 is 33.2 Å². The fourth-order valence-electron chi connectivity index (χ4n) is 4.01. The monoisotopic (exact) mass is 433 g/mol. The van der Waals surface area contributed by atoms with Crippen LogP contribution in [0.3, 0.4) is 0 Å². The molecule has 154 valence electrons. The van der Waals surface area contributed by atoms with Crippen LogP contribution in [-0.4, -0.2) is 49.7 Å². The molecule has 2 saturated heterocycles. The molecule has 4 rings (SSSR count). The van der Waals surface area contributed by atoms with Crippen LogP contribution in [-0.2, 0) is 10.0 Å². The molecular weight excluding hydrogens is 410 g/mol. The minimum absolute atomic E-state index is 0.0118. The molecule has 0 saturated carbocycles. The Morgan fingerprint density at radius 2 is 1.62 bits per heavy atom. The van der Waals surface area contributed by atoms with Gasteiger partial charge in [-0.25, -0.2) is 13.4 Å². The predicted molar refractivity (Wildman–Crippen MR) is 113 cm³/mol. The van der Waals surface area contributed by atoms with E-state index in [0.717, 1.165) is 44.6 Å². The van der Waals surface area contributed by atoms with Crippen LogP contribution in [0.4, 0.5) is 5.82 Å². The maximum Gasteiger partial charge on any atom is 0.244 e. The molecule has 0 unspecified atom stereocenters. The SMILES string of the molecule is O=C(c1ccc(Cl)cc1)C1CCN(c2ccc(S(=O)(=O)N3CCCC3)cn2)CC1. The molecule has 0 bridgehead atoms. The lowest BCUT2D eigenvalue weighted by Crippen LogP contribution is -2.37. The van der Waals surface area contributed by atoms with Gasteiger partial charge in [-0.15, -0.1) is 0 Å². The lowest BCUT2D eigenvalue weighted by atomic mass is 9.89. The average molecular weight is 434 g/mol. The first-order chi connectivity index (χ1) is 13.9. The van der Waals surface area contributed by atoms with E-state index in [9.17, 15) is 13.2 Å². The third-order valence-corrected chi connectivity index (χ3v) is 7.88. The topological polar surface area (TPSA) is 70.6 Å². The zero-order valence-corrected chi connectivity index (χ0v) is 17.7. The largest absolute Gasteiger partial charge is 0.357 e. The highest BCUT2D eigenvalue weighted by molar-refractivity contribution is 7.89. The number of halogens is 1. The number of carbonyl (C=O) groups is 1. The van der Waals surface area contributed by atoms with Gasteiger partial charge in [0.15, 0.2) is 5.78 Å². The van der Waals surface area contributed by atoms with Crippen LogP contribution in [0.5, 0.6) is 0 Å². The number of rotatable bonds is 5. The number of aromatic nitrogens is 1. The number of pyridine rings is 1. The van der Waals surface area contributed by atoms with E-state index in [2.05, 4.69) is 9.88 Å². The van der Waals surface area contributed by atoms with Gasteiger partial charge in [-0.1, -0.05) is 11.6 Å².